The average molecular weight is 271 g/mol. The standard InChI is InChI=1S/C15H17N3O2/c1-2-20-15(19)14-16-13(17-18-14)12-9-5-7-10-6-3-4-8-11(10)12/h3-4,6,8,12H,2,5,7,9H2,1H3,(H,16,17,18). The van der Waals surface area contributed by atoms with Gasteiger partial charge in [0, 0.05) is 5.92 Å². The topological polar surface area (TPSA) is 67.9 Å². The largest absolute Gasteiger partial charge is 0.460 e. The number of carbonyl (C=O) groups excluding carboxylic acids is 1. The maximum atomic E-state index is 11.6. The number of aryl methyl sites for hydroxylation is 1. The average Bonchev–Trinajstić information content (AvgIpc) is 2.97. The first kappa shape index (κ1) is 12.8. The first-order chi connectivity index (χ1) is 9.79. The van der Waals surface area contributed by atoms with E-state index in [0.717, 1.165) is 25.1 Å². The van der Waals surface area contributed by atoms with Crippen molar-refractivity contribution in [3.8, 4) is 0 Å². The summed E-state index contributed by atoms with van der Waals surface area (Å²) in [6.07, 6.45) is 3.25. The number of carbonyl (C=O) groups is 1. The number of rotatable bonds is 3. The van der Waals surface area contributed by atoms with Crippen LogP contribution in [0.15, 0.2) is 24.3 Å². The van der Waals surface area contributed by atoms with Crippen LogP contribution in [-0.2, 0) is 11.2 Å². The van der Waals surface area contributed by atoms with E-state index in [9.17, 15) is 4.79 Å². The summed E-state index contributed by atoms with van der Waals surface area (Å²) in [4.78, 5) is 15.9. The van der Waals surface area contributed by atoms with E-state index < -0.39 is 5.97 Å². The van der Waals surface area contributed by atoms with Crippen molar-refractivity contribution >= 4 is 5.97 Å². The van der Waals surface area contributed by atoms with Crippen LogP contribution in [0.1, 0.15) is 53.3 Å². The van der Waals surface area contributed by atoms with Crippen molar-refractivity contribution in [3.63, 3.8) is 0 Å². The zero-order chi connectivity index (χ0) is 13.9. The number of hydrogen-bond acceptors (Lipinski definition) is 4. The highest BCUT2D eigenvalue weighted by Crippen LogP contribution is 2.34. The van der Waals surface area contributed by atoms with Gasteiger partial charge in [-0.3, -0.25) is 5.10 Å². The number of aromatic amines is 1. The Morgan fingerprint density at radius 3 is 3.15 bits per heavy atom. The maximum absolute atomic E-state index is 11.6. The molecule has 20 heavy (non-hydrogen) atoms. The van der Waals surface area contributed by atoms with Crippen LogP contribution in [-0.4, -0.2) is 27.8 Å². The highest BCUT2D eigenvalue weighted by atomic mass is 16.5. The molecule has 1 aromatic carbocycles. The molecule has 1 aliphatic carbocycles. The summed E-state index contributed by atoms with van der Waals surface area (Å²) in [5, 5.41) is 6.87. The molecule has 0 saturated heterocycles. The van der Waals surface area contributed by atoms with E-state index in [-0.39, 0.29) is 11.7 Å². The first-order valence-corrected chi connectivity index (χ1v) is 6.96. The van der Waals surface area contributed by atoms with Gasteiger partial charge in [-0.2, -0.15) is 0 Å². The summed E-state index contributed by atoms with van der Waals surface area (Å²) in [6, 6.07) is 8.39. The number of aromatic nitrogens is 3. The number of nitrogens with one attached hydrogen (secondary N) is 1. The van der Waals surface area contributed by atoms with Gasteiger partial charge < -0.3 is 4.74 Å². The molecule has 104 valence electrons. The van der Waals surface area contributed by atoms with Gasteiger partial charge in [0.25, 0.3) is 5.82 Å². The van der Waals surface area contributed by atoms with E-state index in [0.29, 0.717) is 6.61 Å². The van der Waals surface area contributed by atoms with Crippen molar-refractivity contribution in [2.75, 3.05) is 6.61 Å². The summed E-state index contributed by atoms with van der Waals surface area (Å²) in [7, 11) is 0. The van der Waals surface area contributed by atoms with Crippen LogP contribution in [0.2, 0.25) is 0 Å². The van der Waals surface area contributed by atoms with Crippen molar-refractivity contribution < 1.29 is 9.53 Å². The second kappa shape index (κ2) is 5.45. The van der Waals surface area contributed by atoms with Crippen molar-refractivity contribution in [1.82, 2.24) is 15.2 Å². The minimum absolute atomic E-state index is 0.116. The number of hydrogen-bond donors (Lipinski definition) is 1. The Morgan fingerprint density at radius 1 is 1.45 bits per heavy atom. The summed E-state index contributed by atoms with van der Waals surface area (Å²) in [5.41, 5.74) is 2.64. The van der Waals surface area contributed by atoms with Crippen LogP contribution in [0.3, 0.4) is 0 Å². The molecule has 0 bridgehead atoms. The van der Waals surface area contributed by atoms with Gasteiger partial charge in [0.2, 0.25) is 0 Å². The Bertz CT molecular complexity index is 621. The molecule has 1 heterocycles. The van der Waals surface area contributed by atoms with Crippen LogP contribution in [0, 0.1) is 0 Å². The Morgan fingerprint density at radius 2 is 2.30 bits per heavy atom. The molecule has 1 atom stereocenters. The predicted octanol–water partition coefficient (Wildman–Crippen LogP) is 2.45. The number of fused-ring (bicyclic) bond motifs is 1. The molecule has 1 aliphatic rings. The summed E-state index contributed by atoms with van der Waals surface area (Å²) in [5.74, 6) is 0.583. The Balaban J connectivity index is 1.89. The minimum atomic E-state index is -0.473. The minimum Gasteiger partial charge on any atom is -0.460 e. The van der Waals surface area contributed by atoms with Gasteiger partial charge in [-0.1, -0.05) is 24.3 Å². The van der Waals surface area contributed by atoms with Gasteiger partial charge in [0.15, 0.2) is 0 Å². The third-order valence-electron chi connectivity index (χ3n) is 3.66. The number of nitrogens with zero attached hydrogens (tertiary/aromatic N) is 2. The lowest BCUT2D eigenvalue weighted by Crippen LogP contribution is -2.12. The van der Waals surface area contributed by atoms with Gasteiger partial charge in [0.05, 0.1) is 6.61 Å². The van der Waals surface area contributed by atoms with Gasteiger partial charge in [-0.15, -0.1) is 5.10 Å². The Kier molecular flexibility index (Phi) is 3.50. The van der Waals surface area contributed by atoms with Crippen molar-refractivity contribution in [1.29, 1.82) is 0 Å². The zero-order valence-electron chi connectivity index (χ0n) is 11.4. The van der Waals surface area contributed by atoms with E-state index in [1.54, 1.807) is 6.92 Å². The van der Waals surface area contributed by atoms with E-state index in [2.05, 4.69) is 33.4 Å². The van der Waals surface area contributed by atoms with Crippen molar-refractivity contribution in [2.24, 2.45) is 0 Å². The fourth-order valence-electron chi connectivity index (χ4n) is 2.76. The van der Waals surface area contributed by atoms with Gasteiger partial charge in [0.1, 0.15) is 5.82 Å². The molecule has 0 saturated carbocycles. The van der Waals surface area contributed by atoms with E-state index >= 15 is 0 Å². The molecule has 0 spiro atoms. The molecule has 5 heteroatoms. The molecule has 0 amide bonds. The highest BCUT2D eigenvalue weighted by Gasteiger charge is 2.25. The second-order valence-electron chi connectivity index (χ2n) is 4.91. The van der Waals surface area contributed by atoms with E-state index in [4.69, 9.17) is 4.74 Å². The molecule has 2 aromatic rings. The normalized spacial score (nSPS) is 17.6. The van der Waals surface area contributed by atoms with Gasteiger partial charge in [-0.25, -0.2) is 9.78 Å². The lowest BCUT2D eigenvalue weighted by molar-refractivity contribution is 0.0512. The zero-order valence-corrected chi connectivity index (χ0v) is 11.4. The van der Waals surface area contributed by atoms with Crippen molar-refractivity contribution in [2.45, 2.75) is 32.1 Å². The van der Waals surface area contributed by atoms with Crippen LogP contribution >= 0.6 is 0 Å². The molecule has 1 unspecified atom stereocenters. The molecule has 1 N–H and O–H groups in total. The highest BCUT2D eigenvalue weighted by molar-refractivity contribution is 5.84. The SMILES string of the molecule is CCOC(=O)c1n[nH]c(C2CCCc3ccccc32)n1. The number of benzene rings is 1. The van der Waals surface area contributed by atoms with E-state index in [1.165, 1.54) is 11.1 Å². The van der Waals surface area contributed by atoms with Gasteiger partial charge in [-0.05, 0) is 37.3 Å². The molecule has 0 aliphatic heterocycles. The molecule has 3 rings (SSSR count). The van der Waals surface area contributed by atoms with E-state index in [1.807, 2.05) is 6.07 Å². The van der Waals surface area contributed by atoms with Crippen molar-refractivity contribution in [3.05, 3.63) is 47.0 Å². The van der Waals surface area contributed by atoms with Gasteiger partial charge >= 0.3 is 5.97 Å². The van der Waals surface area contributed by atoms with Crippen LogP contribution < -0.4 is 0 Å². The lowest BCUT2D eigenvalue weighted by Gasteiger charge is -2.23. The molecular formula is C15H17N3O2. The first-order valence-electron chi connectivity index (χ1n) is 6.96. The summed E-state index contributed by atoms with van der Waals surface area (Å²) in [6.45, 7) is 2.10. The third-order valence-corrected chi connectivity index (χ3v) is 3.66. The monoisotopic (exact) mass is 271 g/mol. The molecular weight excluding hydrogens is 254 g/mol. The lowest BCUT2D eigenvalue weighted by atomic mass is 9.82. The maximum Gasteiger partial charge on any atom is 0.378 e. The smallest absolute Gasteiger partial charge is 0.378 e. The third kappa shape index (κ3) is 2.31. The quantitative estimate of drug-likeness (QED) is 0.871. The molecule has 5 nitrogen and oxygen atoms in total. The molecule has 0 radical (unpaired) electrons. The molecule has 1 aromatic heterocycles. The van der Waals surface area contributed by atoms with Crippen LogP contribution in [0.25, 0.3) is 0 Å². The summed E-state index contributed by atoms with van der Waals surface area (Å²) < 4.78 is 4.91. The Hall–Kier alpha value is -2.17. The molecule has 0 fully saturated rings. The summed E-state index contributed by atoms with van der Waals surface area (Å²) >= 11 is 0. The fraction of sp³-hybridized carbons (Fsp3) is 0.400. The number of esters is 1. The van der Waals surface area contributed by atoms with Crippen LogP contribution in [0.4, 0.5) is 0 Å². The van der Waals surface area contributed by atoms with Crippen LogP contribution in [0.5, 0.6) is 0 Å². The fourth-order valence-corrected chi connectivity index (χ4v) is 2.76. The number of H-pyrrole nitrogens is 1. The second-order valence-corrected chi connectivity index (χ2v) is 4.91. The number of ether oxygens (including phenoxy) is 1. The predicted molar refractivity (Wildman–Crippen MR) is 73.6 cm³/mol. The Labute approximate surface area is 117 Å².